The lowest BCUT2D eigenvalue weighted by molar-refractivity contribution is -0.116. The molecule has 2 heterocycles. The third-order valence-electron chi connectivity index (χ3n) is 4.01. The number of methoxy groups -OCH3 is 1. The second kappa shape index (κ2) is 6.64. The van der Waals surface area contributed by atoms with E-state index in [-0.39, 0.29) is 5.91 Å². The summed E-state index contributed by atoms with van der Waals surface area (Å²) in [5.41, 5.74) is 1.10. The van der Waals surface area contributed by atoms with Crippen LogP contribution in [0.2, 0.25) is 0 Å². The first-order valence-corrected chi connectivity index (χ1v) is 7.73. The number of hydrogen-bond acceptors (Lipinski definition) is 3. The number of aryl methyl sites for hydroxylation is 2. The number of aromatic nitrogens is 2. The highest BCUT2D eigenvalue weighted by Crippen LogP contribution is 2.20. The standard InChI is InChI=1S/C17H21N3O2/c1-22-14-6-4-5-13(11-14)8-9-17(21)19-16-12-18-15-7-2-3-10-20(15)16/h4-6,11-12H,2-3,7-10H2,1H3,(H,19,21). The molecule has 1 amide bonds. The van der Waals surface area contributed by atoms with Crippen LogP contribution in [-0.2, 0) is 24.2 Å². The van der Waals surface area contributed by atoms with Crippen molar-refractivity contribution in [3.05, 3.63) is 41.9 Å². The third-order valence-corrected chi connectivity index (χ3v) is 4.01. The van der Waals surface area contributed by atoms with Crippen LogP contribution in [0, 0.1) is 0 Å². The predicted molar refractivity (Wildman–Crippen MR) is 85.1 cm³/mol. The summed E-state index contributed by atoms with van der Waals surface area (Å²) in [4.78, 5) is 16.5. The highest BCUT2D eigenvalue weighted by molar-refractivity contribution is 5.90. The van der Waals surface area contributed by atoms with Crippen molar-refractivity contribution in [3.8, 4) is 5.75 Å². The van der Waals surface area contributed by atoms with Crippen molar-refractivity contribution in [3.63, 3.8) is 0 Å². The zero-order valence-electron chi connectivity index (χ0n) is 12.8. The Bertz CT molecular complexity index is 664. The van der Waals surface area contributed by atoms with Crippen LogP contribution in [0.1, 0.15) is 30.7 Å². The number of benzene rings is 1. The van der Waals surface area contributed by atoms with Crippen LogP contribution in [0.4, 0.5) is 5.82 Å². The third kappa shape index (κ3) is 3.30. The number of fused-ring (bicyclic) bond motifs is 1. The molecule has 0 spiro atoms. The molecule has 0 fully saturated rings. The van der Waals surface area contributed by atoms with E-state index in [1.54, 1.807) is 13.3 Å². The molecule has 5 nitrogen and oxygen atoms in total. The Labute approximate surface area is 130 Å². The van der Waals surface area contributed by atoms with Gasteiger partial charge in [-0.25, -0.2) is 4.98 Å². The summed E-state index contributed by atoms with van der Waals surface area (Å²) in [7, 11) is 1.65. The largest absolute Gasteiger partial charge is 0.497 e. The predicted octanol–water partition coefficient (Wildman–Crippen LogP) is 2.80. The molecule has 1 aromatic heterocycles. The van der Waals surface area contributed by atoms with Crippen LogP contribution in [0.5, 0.6) is 5.75 Å². The molecule has 1 N–H and O–H groups in total. The van der Waals surface area contributed by atoms with E-state index in [2.05, 4.69) is 14.9 Å². The fourth-order valence-electron chi connectivity index (χ4n) is 2.81. The topological polar surface area (TPSA) is 56.1 Å². The van der Waals surface area contributed by atoms with Crippen LogP contribution in [0.15, 0.2) is 30.5 Å². The van der Waals surface area contributed by atoms with Crippen molar-refractivity contribution in [2.45, 2.75) is 38.6 Å². The van der Waals surface area contributed by atoms with Gasteiger partial charge < -0.3 is 14.6 Å². The normalized spacial score (nSPS) is 13.5. The molecule has 0 unspecified atom stereocenters. The Hall–Kier alpha value is -2.30. The quantitative estimate of drug-likeness (QED) is 0.923. The molecule has 22 heavy (non-hydrogen) atoms. The van der Waals surface area contributed by atoms with Crippen molar-refractivity contribution in [2.24, 2.45) is 0 Å². The number of carbonyl (C=O) groups is 1. The number of amides is 1. The van der Waals surface area contributed by atoms with Crippen LogP contribution in [0.25, 0.3) is 0 Å². The summed E-state index contributed by atoms with van der Waals surface area (Å²) in [5, 5.41) is 2.98. The van der Waals surface area contributed by atoms with Gasteiger partial charge in [0.1, 0.15) is 17.4 Å². The Balaban J connectivity index is 1.57. The SMILES string of the molecule is COc1cccc(CCC(=O)Nc2cnc3n2CCCC3)c1. The second-order valence-electron chi connectivity index (χ2n) is 5.57. The molecule has 116 valence electrons. The van der Waals surface area contributed by atoms with E-state index in [0.717, 1.165) is 42.3 Å². The van der Waals surface area contributed by atoms with E-state index in [4.69, 9.17) is 4.74 Å². The van der Waals surface area contributed by atoms with Gasteiger partial charge in [-0.2, -0.15) is 0 Å². The first-order chi connectivity index (χ1) is 10.8. The average molecular weight is 299 g/mol. The number of nitrogens with zero attached hydrogens (tertiary/aromatic N) is 2. The lowest BCUT2D eigenvalue weighted by atomic mass is 10.1. The van der Waals surface area contributed by atoms with Crippen LogP contribution >= 0.6 is 0 Å². The molecule has 0 atom stereocenters. The zero-order chi connectivity index (χ0) is 15.4. The second-order valence-corrected chi connectivity index (χ2v) is 5.57. The van der Waals surface area contributed by atoms with E-state index >= 15 is 0 Å². The molecule has 3 rings (SSSR count). The Kier molecular flexibility index (Phi) is 4.42. The summed E-state index contributed by atoms with van der Waals surface area (Å²) < 4.78 is 7.31. The van der Waals surface area contributed by atoms with Crippen LogP contribution in [0.3, 0.4) is 0 Å². The van der Waals surface area contributed by atoms with Crippen molar-refractivity contribution in [1.82, 2.24) is 9.55 Å². The van der Waals surface area contributed by atoms with Crippen molar-refractivity contribution in [1.29, 1.82) is 0 Å². The molecule has 1 aliphatic heterocycles. The smallest absolute Gasteiger partial charge is 0.225 e. The Morgan fingerprint density at radius 3 is 3.18 bits per heavy atom. The summed E-state index contributed by atoms with van der Waals surface area (Å²) in [5.74, 6) is 2.75. The van der Waals surface area contributed by atoms with Gasteiger partial charge in [-0.15, -0.1) is 0 Å². The van der Waals surface area contributed by atoms with E-state index < -0.39 is 0 Å². The van der Waals surface area contributed by atoms with Gasteiger partial charge in [-0.05, 0) is 37.0 Å². The number of hydrogen-bond donors (Lipinski definition) is 1. The molecule has 0 aliphatic carbocycles. The van der Waals surface area contributed by atoms with Gasteiger partial charge in [0.2, 0.25) is 5.91 Å². The maximum atomic E-state index is 12.1. The van der Waals surface area contributed by atoms with E-state index in [9.17, 15) is 4.79 Å². The van der Waals surface area contributed by atoms with Crippen LogP contribution in [-0.4, -0.2) is 22.6 Å². The number of ether oxygens (including phenoxy) is 1. The summed E-state index contributed by atoms with van der Waals surface area (Å²) >= 11 is 0. The van der Waals surface area contributed by atoms with Gasteiger partial charge in [-0.3, -0.25) is 4.79 Å². The van der Waals surface area contributed by atoms with E-state index in [0.29, 0.717) is 12.8 Å². The van der Waals surface area contributed by atoms with Crippen LogP contribution < -0.4 is 10.1 Å². The fourth-order valence-corrected chi connectivity index (χ4v) is 2.81. The minimum atomic E-state index is 0.0242. The van der Waals surface area contributed by atoms with E-state index in [1.165, 1.54) is 6.42 Å². The molecule has 0 saturated carbocycles. The zero-order valence-corrected chi connectivity index (χ0v) is 12.8. The molecule has 5 heteroatoms. The Morgan fingerprint density at radius 2 is 2.32 bits per heavy atom. The molecule has 2 aromatic rings. The van der Waals surface area contributed by atoms with Crippen molar-refractivity contribution in [2.75, 3.05) is 12.4 Å². The van der Waals surface area contributed by atoms with Crippen molar-refractivity contribution < 1.29 is 9.53 Å². The van der Waals surface area contributed by atoms with E-state index in [1.807, 2.05) is 24.3 Å². The lowest BCUT2D eigenvalue weighted by Gasteiger charge is -2.16. The molecular formula is C17H21N3O2. The lowest BCUT2D eigenvalue weighted by Crippen LogP contribution is -2.18. The van der Waals surface area contributed by atoms with Gasteiger partial charge in [0.15, 0.2) is 0 Å². The molecule has 0 bridgehead atoms. The minimum Gasteiger partial charge on any atom is -0.497 e. The van der Waals surface area contributed by atoms with Gasteiger partial charge in [0.05, 0.1) is 13.3 Å². The molecule has 0 saturated heterocycles. The molecule has 1 aliphatic rings. The van der Waals surface area contributed by atoms with Gasteiger partial charge >= 0.3 is 0 Å². The monoisotopic (exact) mass is 299 g/mol. The fraction of sp³-hybridized carbons (Fsp3) is 0.412. The highest BCUT2D eigenvalue weighted by Gasteiger charge is 2.15. The summed E-state index contributed by atoms with van der Waals surface area (Å²) in [6, 6.07) is 7.83. The minimum absolute atomic E-state index is 0.0242. The maximum Gasteiger partial charge on any atom is 0.225 e. The average Bonchev–Trinajstić information content (AvgIpc) is 2.96. The summed E-state index contributed by atoms with van der Waals surface area (Å²) in [6.07, 6.45) is 6.25. The molecule has 1 aromatic carbocycles. The summed E-state index contributed by atoms with van der Waals surface area (Å²) in [6.45, 7) is 0.945. The first-order valence-electron chi connectivity index (χ1n) is 7.73. The number of anilines is 1. The number of nitrogens with one attached hydrogen (secondary N) is 1. The molecular weight excluding hydrogens is 278 g/mol. The van der Waals surface area contributed by atoms with Gasteiger partial charge in [-0.1, -0.05) is 12.1 Å². The van der Waals surface area contributed by atoms with Gasteiger partial charge in [0, 0.05) is 19.4 Å². The highest BCUT2D eigenvalue weighted by atomic mass is 16.5. The number of rotatable bonds is 5. The van der Waals surface area contributed by atoms with Gasteiger partial charge in [0.25, 0.3) is 0 Å². The number of imidazole rings is 1. The first kappa shape index (κ1) is 14.6. The molecule has 0 radical (unpaired) electrons. The maximum absolute atomic E-state index is 12.1. The Morgan fingerprint density at radius 1 is 1.41 bits per heavy atom. The van der Waals surface area contributed by atoms with Crippen molar-refractivity contribution >= 4 is 11.7 Å². The number of carbonyl (C=O) groups excluding carboxylic acids is 1.